The van der Waals surface area contributed by atoms with Gasteiger partial charge < -0.3 is 5.32 Å². The molecule has 1 N–H and O–H groups in total. The van der Waals surface area contributed by atoms with E-state index in [-0.39, 0.29) is 18.0 Å². The number of hydrogen-bond acceptors (Lipinski definition) is 3. The van der Waals surface area contributed by atoms with Gasteiger partial charge in [0.2, 0.25) is 15.9 Å². The number of amides is 1. The summed E-state index contributed by atoms with van der Waals surface area (Å²) < 4.78 is 28.3. The van der Waals surface area contributed by atoms with E-state index in [9.17, 15) is 13.2 Å². The third-order valence-corrected chi connectivity index (χ3v) is 6.69. The molecule has 1 amide bonds. The van der Waals surface area contributed by atoms with Crippen molar-refractivity contribution < 1.29 is 13.2 Å². The van der Waals surface area contributed by atoms with Crippen LogP contribution in [0.4, 0.5) is 5.69 Å². The summed E-state index contributed by atoms with van der Waals surface area (Å²) >= 11 is 9.16. The molecule has 0 saturated heterocycles. The quantitative estimate of drug-likeness (QED) is 0.507. The van der Waals surface area contributed by atoms with Crippen LogP contribution >= 0.6 is 27.5 Å². The van der Waals surface area contributed by atoms with Crippen LogP contribution in [-0.2, 0) is 21.4 Å². The van der Waals surface area contributed by atoms with Gasteiger partial charge in [0.25, 0.3) is 0 Å². The number of nitrogens with zero attached hydrogens (tertiary/aromatic N) is 1. The van der Waals surface area contributed by atoms with E-state index in [0.29, 0.717) is 10.7 Å². The Morgan fingerprint density at radius 1 is 0.931 bits per heavy atom. The molecule has 8 heteroatoms. The predicted molar refractivity (Wildman–Crippen MR) is 118 cm³/mol. The summed E-state index contributed by atoms with van der Waals surface area (Å²) in [7, 11) is -3.88. The first-order chi connectivity index (χ1) is 13.8. The van der Waals surface area contributed by atoms with Crippen molar-refractivity contribution in [2.75, 3.05) is 11.9 Å². The van der Waals surface area contributed by atoms with Crippen LogP contribution in [0.2, 0.25) is 5.02 Å². The number of rotatable bonds is 7. The van der Waals surface area contributed by atoms with Crippen LogP contribution < -0.4 is 5.32 Å². The van der Waals surface area contributed by atoms with Crippen molar-refractivity contribution in [2.24, 2.45) is 0 Å². The maximum Gasteiger partial charge on any atom is 0.243 e. The van der Waals surface area contributed by atoms with Gasteiger partial charge >= 0.3 is 0 Å². The molecule has 3 rings (SSSR count). The first kappa shape index (κ1) is 21.5. The van der Waals surface area contributed by atoms with Crippen LogP contribution in [0.15, 0.2) is 88.2 Å². The lowest BCUT2D eigenvalue weighted by Gasteiger charge is -2.22. The van der Waals surface area contributed by atoms with Gasteiger partial charge in [-0.2, -0.15) is 4.31 Å². The lowest BCUT2D eigenvalue weighted by Crippen LogP contribution is -2.37. The second kappa shape index (κ2) is 9.54. The predicted octanol–water partition coefficient (Wildman–Crippen LogP) is 4.93. The van der Waals surface area contributed by atoms with E-state index in [1.54, 1.807) is 36.4 Å². The fraction of sp³-hybridized carbons (Fsp3) is 0.0952. The Bertz CT molecular complexity index is 1070. The molecule has 0 atom stereocenters. The fourth-order valence-electron chi connectivity index (χ4n) is 2.66. The number of hydrogen-bond donors (Lipinski definition) is 1. The molecule has 0 heterocycles. The largest absolute Gasteiger partial charge is 0.325 e. The SMILES string of the molecule is O=C(CN(Cc1ccccc1)S(=O)(=O)c1ccc(Br)cc1)Nc1ccc(Cl)cc1. The topological polar surface area (TPSA) is 66.5 Å². The molecule has 5 nitrogen and oxygen atoms in total. The van der Waals surface area contributed by atoms with Crippen molar-refractivity contribution in [3.05, 3.63) is 93.9 Å². The number of anilines is 1. The molecule has 150 valence electrons. The van der Waals surface area contributed by atoms with Crippen LogP contribution in [0.25, 0.3) is 0 Å². The van der Waals surface area contributed by atoms with Gasteiger partial charge in [0.15, 0.2) is 0 Å². The Hall–Kier alpha value is -2.19. The Balaban J connectivity index is 1.85. The minimum atomic E-state index is -3.88. The minimum Gasteiger partial charge on any atom is -0.325 e. The van der Waals surface area contributed by atoms with E-state index < -0.39 is 15.9 Å². The van der Waals surface area contributed by atoms with Crippen molar-refractivity contribution in [2.45, 2.75) is 11.4 Å². The molecular weight excluding hydrogens is 476 g/mol. The summed E-state index contributed by atoms with van der Waals surface area (Å²) in [6, 6.07) is 22.1. The van der Waals surface area contributed by atoms with Gasteiger partial charge in [-0.25, -0.2) is 8.42 Å². The average Bonchev–Trinajstić information content (AvgIpc) is 2.70. The zero-order chi connectivity index (χ0) is 20.9. The van der Waals surface area contributed by atoms with Crippen molar-refractivity contribution in [1.29, 1.82) is 0 Å². The lowest BCUT2D eigenvalue weighted by atomic mass is 10.2. The molecule has 0 fully saturated rings. The highest BCUT2D eigenvalue weighted by Crippen LogP contribution is 2.21. The third-order valence-electron chi connectivity index (χ3n) is 4.10. The highest BCUT2D eigenvalue weighted by molar-refractivity contribution is 9.10. The number of benzene rings is 3. The van der Waals surface area contributed by atoms with Gasteiger partial charge in [-0.1, -0.05) is 57.9 Å². The number of sulfonamides is 1. The average molecular weight is 494 g/mol. The number of carbonyl (C=O) groups is 1. The molecule has 0 aliphatic rings. The zero-order valence-corrected chi connectivity index (χ0v) is 18.4. The summed E-state index contributed by atoms with van der Waals surface area (Å²) in [5.41, 5.74) is 1.33. The van der Waals surface area contributed by atoms with Gasteiger partial charge in [-0.15, -0.1) is 0 Å². The molecule has 3 aromatic carbocycles. The van der Waals surface area contributed by atoms with Crippen LogP contribution in [0.3, 0.4) is 0 Å². The Morgan fingerprint density at radius 2 is 1.55 bits per heavy atom. The Kier molecular flexibility index (Phi) is 7.08. The Morgan fingerprint density at radius 3 is 2.17 bits per heavy atom. The maximum atomic E-state index is 13.2. The zero-order valence-electron chi connectivity index (χ0n) is 15.3. The van der Waals surface area contributed by atoms with E-state index in [1.165, 1.54) is 12.1 Å². The van der Waals surface area contributed by atoms with Crippen LogP contribution in [0.5, 0.6) is 0 Å². The van der Waals surface area contributed by atoms with E-state index >= 15 is 0 Å². The standard InChI is InChI=1S/C21H18BrClN2O3S/c22-17-6-12-20(13-7-17)29(27,28)25(14-16-4-2-1-3-5-16)15-21(26)24-19-10-8-18(23)9-11-19/h1-13H,14-15H2,(H,24,26). The third kappa shape index (κ3) is 5.90. The molecule has 0 radical (unpaired) electrons. The molecule has 0 aliphatic heterocycles. The van der Waals surface area contributed by atoms with Crippen LogP contribution in [-0.4, -0.2) is 25.2 Å². The molecule has 0 unspecified atom stereocenters. The number of carbonyl (C=O) groups excluding carboxylic acids is 1. The van der Waals surface area contributed by atoms with E-state index in [4.69, 9.17) is 11.6 Å². The molecule has 0 aliphatic carbocycles. The number of nitrogens with one attached hydrogen (secondary N) is 1. The summed E-state index contributed by atoms with van der Waals surface area (Å²) in [4.78, 5) is 12.7. The van der Waals surface area contributed by atoms with E-state index in [1.807, 2.05) is 30.3 Å². The summed E-state index contributed by atoms with van der Waals surface area (Å²) in [5.74, 6) is -0.441. The highest BCUT2D eigenvalue weighted by Gasteiger charge is 2.27. The second-order valence-electron chi connectivity index (χ2n) is 6.27. The van der Waals surface area contributed by atoms with E-state index in [0.717, 1.165) is 14.3 Å². The highest BCUT2D eigenvalue weighted by atomic mass is 79.9. The molecule has 29 heavy (non-hydrogen) atoms. The van der Waals surface area contributed by atoms with Gasteiger partial charge in [-0.3, -0.25) is 4.79 Å². The molecule has 0 saturated carbocycles. The van der Waals surface area contributed by atoms with Gasteiger partial charge in [-0.05, 0) is 54.1 Å². The normalized spacial score (nSPS) is 11.4. The molecule has 3 aromatic rings. The Labute approximate surface area is 183 Å². The lowest BCUT2D eigenvalue weighted by molar-refractivity contribution is -0.116. The summed E-state index contributed by atoms with van der Waals surface area (Å²) in [6.45, 7) is -0.247. The minimum absolute atomic E-state index is 0.0767. The smallest absolute Gasteiger partial charge is 0.243 e. The van der Waals surface area contributed by atoms with Crippen LogP contribution in [0, 0.1) is 0 Å². The second-order valence-corrected chi connectivity index (χ2v) is 9.56. The maximum absolute atomic E-state index is 13.2. The monoisotopic (exact) mass is 492 g/mol. The van der Waals surface area contributed by atoms with Gasteiger partial charge in [0.1, 0.15) is 0 Å². The number of halogens is 2. The summed E-state index contributed by atoms with van der Waals surface area (Å²) in [6.07, 6.45) is 0. The van der Waals surface area contributed by atoms with Crippen LogP contribution in [0.1, 0.15) is 5.56 Å². The first-order valence-corrected chi connectivity index (χ1v) is 11.3. The molecular formula is C21H18BrClN2O3S. The van der Waals surface area contributed by atoms with Crippen molar-refractivity contribution in [1.82, 2.24) is 4.31 Å². The van der Waals surface area contributed by atoms with Crippen molar-refractivity contribution >= 4 is 49.1 Å². The summed E-state index contributed by atoms with van der Waals surface area (Å²) in [5, 5.41) is 3.25. The van der Waals surface area contributed by atoms with Gasteiger partial charge in [0.05, 0.1) is 11.4 Å². The fourth-order valence-corrected chi connectivity index (χ4v) is 4.44. The molecule has 0 bridgehead atoms. The van der Waals surface area contributed by atoms with Crippen molar-refractivity contribution in [3.63, 3.8) is 0 Å². The molecule has 0 spiro atoms. The van der Waals surface area contributed by atoms with Crippen molar-refractivity contribution in [3.8, 4) is 0 Å². The van der Waals surface area contributed by atoms with Gasteiger partial charge in [0, 0.05) is 21.7 Å². The first-order valence-electron chi connectivity index (χ1n) is 8.70. The van der Waals surface area contributed by atoms with E-state index in [2.05, 4.69) is 21.2 Å². The molecule has 0 aromatic heterocycles.